The highest BCUT2D eigenvalue weighted by Gasteiger charge is 2.21. The maximum atomic E-state index is 3.97. The first-order valence-corrected chi connectivity index (χ1v) is 6.15. The molecule has 1 atom stereocenters. The molecule has 1 N–H and O–H groups in total. The van der Waals surface area contributed by atoms with E-state index in [1.54, 1.807) is 6.20 Å². The van der Waals surface area contributed by atoms with E-state index in [0.29, 0.717) is 0 Å². The van der Waals surface area contributed by atoms with E-state index in [0.717, 1.165) is 32.1 Å². The second kappa shape index (κ2) is 5.96. The molecule has 90 valence electrons. The molecule has 1 saturated heterocycles. The van der Waals surface area contributed by atoms with Crippen LogP contribution in [-0.2, 0) is 6.54 Å². The Morgan fingerprint density at radius 3 is 3.12 bits per heavy atom. The average molecular weight is 223 g/mol. The Hall–Kier alpha value is -0.940. The minimum atomic E-state index is 0.829. The van der Waals surface area contributed by atoms with E-state index in [1.807, 2.05) is 10.9 Å². The smallest absolute Gasteiger partial charge is 0.0692 e. The molecule has 2 rings (SSSR count). The summed E-state index contributed by atoms with van der Waals surface area (Å²) in [7, 11) is 0. The van der Waals surface area contributed by atoms with Gasteiger partial charge in [0.05, 0.1) is 12.7 Å². The summed E-state index contributed by atoms with van der Waals surface area (Å²) < 4.78 is 1.90. The van der Waals surface area contributed by atoms with Gasteiger partial charge in [-0.05, 0) is 32.0 Å². The van der Waals surface area contributed by atoms with Gasteiger partial charge < -0.3 is 10.2 Å². The molecule has 0 spiro atoms. The van der Waals surface area contributed by atoms with Crippen LogP contribution in [0.4, 0.5) is 0 Å². The largest absolute Gasteiger partial charge is 0.317 e. The summed E-state index contributed by atoms with van der Waals surface area (Å²) in [5.74, 6) is 0.829. The van der Waals surface area contributed by atoms with Crippen LogP contribution >= 0.6 is 0 Å². The number of nitrogens with one attached hydrogen (secondary N) is 1. The Labute approximate surface area is 96.8 Å². The fourth-order valence-electron chi connectivity index (χ4n) is 2.23. The van der Waals surface area contributed by atoms with E-state index in [1.165, 1.54) is 19.5 Å². The van der Waals surface area contributed by atoms with Crippen molar-refractivity contribution in [2.45, 2.75) is 19.9 Å². The molecular formula is C11H21N5. The monoisotopic (exact) mass is 223 g/mol. The van der Waals surface area contributed by atoms with Gasteiger partial charge >= 0.3 is 0 Å². The molecule has 5 heteroatoms. The second-order valence-corrected chi connectivity index (χ2v) is 4.43. The predicted octanol–water partition coefficient (Wildman–Crippen LogP) is 0.210. The lowest BCUT2D eigenvalue weighted by Gasteiger charge is -2.15. The van der Waals surface area contributed by atoms with Crippen LogP contribution in [0.3, 0.4) is 0 Å². The van der Waals surface area contributed by atoms with E-state index in [4.69, 9.17) is 0 Å². The fraction of sp³-hybridized carbons (Fsp3) is 0.818. The van der Waals surface area contributed by atoms with E-state index in [-0.39, 0.29) is 0 Å². The third-order valence-electron chi connectivity index (χ3n) is 3.17. The standard InChI is InChI=1S/C11H21N5/c1-2-12-9-11-3-5-15(10-11)7-8-16-6-4-13-14-16/h4,6,11-12H,2-3,5,7-10H2,1H3. The first-order valence-electron chi connectivity index (χ1n) is 6.15. The Kier molecular flexibility index (Phi) is 4.30. The van der Waals surface area contributed by atoms with Crippen molar-refractivity contribution < 1.29 is 0 Å². The van der Waals surface area contributed by atoms with Gasteiger partial charge in [0.15, 0.2) is 0 Å². The summed E-state index contributed by atoms with van der Waals surface area (Å²) in [6.45, 7) is 8.90. The van der Waals surface area contributed by atoms with Crippen molar-refractivity contribution in [3.05, 3.63) is 12.4 Å². The molecule has 0 aliphatic carbocycles. The van der Waals surface area contributed by atoms with Gasteiger partial charge in [0, 0.05) is 19.3 Å². The lowest BCUT2D eigenvalue weighted by Crippen LogP contribution is -2.28. The van der Waals surface area contributed by atoms with E-state index in [9.17, 15) is 0 Å². The van der Waals surface area contributed by atoms with E-state index < -0.39 is 0 Å². The Morgan fingerprint density at radius 2 is 2.38 bits per heavy atom. The highest BCUT2D eigenvalue weighted by atomic mass is 15.4. The third kappa shape index (κ3) is 3.28. The van der Waals surface area contributed by atoms with Gasteiger partial charge in [-0.15, -0.1) is 5.10 Å². The zero-order valence-corrected chi connectivity index (χ0v) is 9.97. The molecule has 5 nitrogen and oxygen atoms in total. The summed E-state index contributed by atoms with van der Waals surface area (Å²) in [5.41, 5.74) is 0. The predicted molar refractivity (Wildman–Crippen MR) is 63.1 cm³/mol. The van der Waals surface area contributed by atoms with Gasteiger partial charge in [-0.1, -0.05) is 12.1 Å². The SMILES string of the molecule is CCNCC1CCN(CCn2ccnn2)C1. The Morgan fingerprint density at radius 1 is 1.44 bits per heavy atom. The summed E-state index contributed by atoms with van der Waals surface area (Å²) in [4.78, 5) is 2.52. The molecule has 1 unspecified atom stereocenters. The summed E-state index contributed by atoms with van der Waals surface area (Å²) in [5, 5.41) is 11.2. The van der Waals surface area contributed by atoms with Crippen molar-refractivity contribution in [3.63, 3.8) is 0 Å². The fourth-order valence-corrected chi connectivity index (χ4v) is 2.23. The minimum Gasteiger partial charge on any atom is -0.317 e. The molecule has 0 aromatic carbocycles. The topological polar surface area (TPSA) is 46.0 Å². The van der Waals surface area contributed by atoms with Gasteiger partial charge in [-0.2, -0.15) is 0 Å². The van der Waals surface area contributed by atoms with Gasteiger partial charge in [0.25, 0.3) is 0 Å². The van der Waals surface area contributed by atoms with E-state index >= 15 is 0 Å². The van der Waals surface area contributed by atoms with Crippen molar-refractivity contribution in [3.8, 4) is 0 Å². The van der Waals surface area contributed by atoms with Crippen LogP contribution in [0.1, 0.15) is 13.3 Å². The second-order valence-electron chi connectivity index (χ2n) is 4.43. The number of likely N-dealkylation sites (tertiary alicyclic amines) is 1. The quantitative estimate of drug-likeness (QED) is 0.749. The minimum absolute atomic E-state index is 0.829. The first kappa shape index (κ1) is 11.5. The maximum Gasteiger partial charge on any atom is 0.0692 e. The van der Waals surface area contributed by atoms with Crippen molar-refractivity contribution in [2.24, 2.45) is 5.92 Å². The molecule has 0 saturated carbocycles. The van der Waals surface area contributed by atoms with E-state index in [2.05, 4.69) is 27.5 Å². The maximum absolute atomic E-state index is 3.97. The Bertz CT molecular complexity index is 285. The normalized spacial score (nSPS) is 21.7. The lowest BCUT2D eigenvalue weighted by atomic mass is 10.1. The molecule has 1 fully saturated rings. The van der Waals surface area contributed by atoms with Crippen molar-refractivity contribution >= 4 is 0 Å². The average Bonchev–Trinajstić information content (AvgIpc) is 2.95. The Balaban J connectivity index is 1.65. The molecule has 0 bridgehead atoms. The zero-order valence-electron chi connectivity index (χ0n) is 9.97. The van der Waals surface area contributed by atoms with Crippen LogP contribution < -0.4 is 5.32 Å². The lowest BCUT2D eigenvalue weighted by molar-refractivity contribution is 0.300. The number of rotatable bonds is 6. The number of nitrogens with zero attached hydrogens (tertiary/aromatic N) is 4. The third-order valence-corrected chi connectivity index (χ3v) is 3.17. The molecule has 0 radical (unpaired) electrons. The molecular weight excluding hydrogens is 202 g/mol. The molecule has 1 aliphatic rings. The highest BCUT2D eigenvalue weighted by Crippen LogP contribution is 2.14. The molecule has 0 amide bonds. The van der Waals surface area contributed by atoms with Gasteiger partial charge in [0.2, 0.25) is 0 Å². The van der Waals surface area contributed by atoms with Crippen LogP contribution in [-0.4, -0.2) is 52.6 Å². The summed E-state index contributed by atoms with van der Waals surface area (Å²) in [6, 6.07) is 0. The molecule has 2 heterocycles. The molecule has 16 heavy (non-hydrogen) atoms. The zero-order chi connectivity index (χ0) is 11.2. The molecule has 1 aromatic rings. The van der Waals surface area contributed by atoms with Gasteiger partial charge in [0.1, 0.15) is 0 Å². The number of hydrogen-bond acceptors (Lipinski definition) is 4. The van der Waals surface area contributed by atoms with Crippen LogP contribution in [0.5, 0.6) is 0 Å². The summed E-state index contributed by atoms with van der Waals surface area (Å²) >= 11 is 0. The number of hydrogen-bond donors (Lipinski definition) is 1. The molecule has 1 aliphatic heterocycles. The van der Waals surface area contributed by atoms with Gasteiger partial charge in [-0.3, -0.25) is 4.68 Å². The molecule has 1 aromatic heterocycles. The highest BCUT2D eigenvalue weighted by molar-refractivity contribution is 4.77. The van der Waals surface area contributed by atoms with Crippen molar-refractivity contribution in [2.75, 3.05) is 32.7 Å². The first-order chi connectivity index (χ1) is 7.88. The van der Waals surface area contributed by atoms with Crippen LogP contribution in [0, 0.1) is 5.92 Å². The number of aromatic nitrogens is 3. The van der Waals surface area contributed by atoms with Crippen LogP contribution in [0.2, 0.25) is 0 Å². The van der Waals surface area contributed by atoms with Crippen molar-refractivity contribution in [1.82, 2.24) is 25.2 Å². The van der Waals surface area contributed by atoms with Gasteiger partial charge in [-0.25, -0.2) is 0 Å². The van der Waals surface area contributed by atoms with Crippen molar-refractivity contribution in [1.29, 1.82) is 0 Å². The summed E-state index contributed by atoms with van der Waals surface area (Å²) in [6.07, 6.45) is 4.98. The van der Waals surface area contributed by atoms with Crippen LogP contribution in [0.15, 0.2) is 12.4 Å². The van der Waals surface area contributed by atoms with Crippen LogP contribution in [0.25, 0.3) is 0 Å².